The number of likely N-dealkylation sites (tertiary alicyclic amines) is 1. The van der Waals surface area contributed by atoms with Crippen molar-refractivity contribution in [2.75, 3.05) is 37.8 Å². The number of aryl methyl sites for hydroxylation is 1. The largest absolute Gasteiger partial charge is 0.490 e. The fourth-order valence-electron chi connectivity index (χ4n) is 4.81. The number of halogens is 4. The maximum atomic E-state index is 13.8. The standard InChI is InChI=1S/C27H27ClF3N9O2/c1-32-22-14-40-19(11-33-22)20(13-35-40)42-21-12-34-25-24(23(21)28)39(3)26(37-25)36-16-8-15(27(29,30)31)9-18(10-16)41-17-4-6-38(2)7-5-17/h8-14,17,32H,4-7H2,1-3H3,(H,34,36,37). The topological polar surface area (TPSA) is 107 Å². The molecular formula is C27H27ClF3N9O2. The number of hydrogen-bond acceptors (Lipinski definition) is 9. The number of benzene rings is 1. The molecule has 2 N–H and O–H groups in total. The monoisotopic (exact) mass is 601 g/mol. The average Bonchev–Trinajstić information content (AvgIpc) is 3.50. The molecule has 6 rings (SSSR count). The van der Waals surface area contributed by atoms with Gasteiger partial charge >= 0.3 is 6.18 Å². The van der Waals surface area contributed by atoms with E-state index in [0.29, 0.717) is 22.6 Å². The minimum absolute atomic E-state index is 0.136. The van der Waals surface area contributed by atoms with Gasteiger partial charge < -0.3 is 29.6 Å². The first-order valence-electron chi connectivity index (χ1n) is 13.1. The Morgan fingerprint density at radius 1 is 1.02 bits per heavy atom. The van der Waals surface area contributed by atoms with E-state index in [-0.39, 0.29) is 39.9 Å². The number of nitrogens with one attached hydrogen (secondary N) is 2. The van der Waals surface area contributed by atoms with Crippen molar-refractivity contribution in [3.05, 3.63) is 53.6 Å². The van der Waals surface area contributed by atoms with E-state index in [1.54, 1.807) is 35.6 Å². The van der Waals surface area contributed by atoms with Crippen LogP contribution in [0.4, 0.5) is 30.6 Å². The Hall–Kier alpha value is -4.30. The quantitative estimate of drug-likeness (QED) is 0.242. The summed E-state index contributed by atoms with van der Waals surface area (Å²) in [6.07, 6.45) is 3.03. The summed E-state index contributed by atoms with van der Waals surface area (Å²) in [6.45, 7) is 1.64. The number of rotatable bonds is 7. The number of imidazole rings is 1. The number of ether oxygens (including phenoxy) is 2. The van der Waals surface area contributed by atoms with Crippen LogP contribution in [0.3, 0.4) is 0 Å². The molecule has 0 radical (unpaired) electrons. The molecule has 220 valence electrons. The predicted octanol–water partition coefficient (Wildman–Crippen LogP) is 5.73. The summed E-state index contributed by atoms with van der Waals surface area (Å²) in [5, 5.41) is 10.4. The van der Waals surface area contributed by atoms with Crippen LogP contribution in [0.1, 0.15) is 18.4 Å². The Bertz CT molecular complexity index is 1760. The smallest absolute Gasteiger partial charge is 0.416 e. The molecule has 1 saturated heterocycles. The minimum Gasteiger partial charge on any atom is -0.490 e. The van der Waals surface area contributed by atoms with Crippen LogP contribution < -0.4 is 20.1 Å². The van der Waals surface area contributed by atoms with Gasteiger partial charge in [-0.3, -0.25) is 0 Å². The van der Waals surface area contributed by atoms with E-state index in [9.17, 15) is 13.2 Å². The van der Waals surface area contributed by atoms with Gasteiger partial charge in [-0.2, -0.15) is 23.3 Å². The van der Waals surface area contributed by atoms with Gasteiger partial charge in [0.15, 0.2) is 17.1 Å². The van der Waals surface area contributed by atoms with Gasteiger partial charge in [-0.1, -0.05) is 11.6 Å². The van der Waals surface area contributed by atoms with Crippen molar-refractivity contribution in [2.45, 2.75) is 25.1 Å². The summed E-state index contributed by atoms with van der Waals surface area (Å²) >= 11 is 6.73. The van der Waals surface area contributed by atoms with E-state index in [1.807, 2.05) is 7.05 Å². The lowest BCUT2D eigenvalue weighted by molar-refractivity contribution is -0.137. The Morgan fingerprint density at radius 3 is 2.55 bits per heavy atom. The Kier molecular flexibility index (Phi) is 7.19. The van der Waals surface area contributed by atoms with Crippen LogP contribution in [0.2, 0.25) is 5.02 Å². The lowest BCUT2D eigenvalue weighted by Crippen LogP contribution is -2.35. The maximum Gasteiger partial charge on any atom is 0.416 e. The first-order valence-corrected chi connectivity index (χ1v) is 13.5. The third-order valence-corrected chi connectivity index (χ3v) is 7.47. The number of piperidine rings is 1. The summed E-state index contributed by atoms with van der Waals surface area (Å²) in [5.41, 5.74) is 0.662. The zero-order chi connectivity index (χ0) is 29.6. The van der Waals surface area contributed by atoms with Gasteiger partial charge in [-0.15, -0.1) is 0 Å². The molecule has 1 aromatic carbocycles. The van der Waals surface area contributed by atoms with Crippen molar-refractivity contribution in [1.82, 2.24) is 34.0 Å². The highest BCUT2D eigenvalue weighted by Gasteiger charge is 2.32. The summed E-state index contributed by atoms with van der Waals surface area (Å²) in [6, 6.07) is 3.58. The van der Waals surface area contributed by atoms with Gasteiger partial charge in [0.1, 0.15) is 33.7 Å². The maximum absolute atomic E-state index is 13.8. The molecule has 4 aromatic heterocycles. The first kappa shape index (κ1) is 27.8. The normalized spacial score (nSPS) is 14.9. The number of nitrogens with zero attached hydrogens (tertiary/aromatic N) is 7. The lowest BCUT2D eigenvalue weighted by Gasteiger charge is -2.29. The van der Waals surface area contributed by atoms with Gasteiger partial charge in [0.25, 0.3) is 0 Å². The van der Waals surface area contributed by atoms with Crippen molar-refractivity contribution in [3.63, 3.8) is 0 Å². The van der Waals surface area contributed by atoms with Crippen LogP contribution in [-0.2, 0) is 13.2 Å². The molecule has 11 nitrogen and oxygen atoms in total. The van der Waals surface area contributed by atoms with Crippen LogP contribution in [0.15, 0.2) is 43.0 Å². The number of hydrogen-bond donors (Lipinski definition) is 2. The molecule has 5 aromatic rings. The number of pyridine rings is 1. The van der Waals surface area contributed by atoms with E-state index in [0.717, 1.165) is 38.1 Å². The van der Waals surface area contributed by atoms with Gasteiger partial charge in [-0.25, -0.2) is 14.5 Å². The fraction of sp³-hybridized carbons (Fsp3) is 0.333. The molecule has 5 heterocycles. The minimum atomic E-state index is -4.56. The first-order chi connectivity index (χ1) is 20.1. The molecule has 42 heavy (non-hydrogen) atoms. The van der Waals surface area contributed by atoms with Crippen molar-refractivity contribution >= 4 is 45.7 Å². The van der Waals surface area contributed by atoms with E-state index < -0.39 is 11.7 Å². The van der Waals surface area contributed by atoms with Crippen LogP contribution in [-0.4, -0.2) is 67.3 Å². The number of anilines is 3. The van der Waals surface area contributed by atoms with Crippen LogP contribution in [0.25, 0.3) is 16.7 Å². The van der Waals surface area contributed by atoms with Gasteiger partial charge in [0.2, 0.25) is 5.95 Å². The zero-order valence-electron chi connectivity index (χ0n) is 22.9. The van der Waals surface area contributed by atoms with Crippen molar-refractivity contribution in [1.29, 1.82) is 0 Å². The van der Waals surface area contributed by atoms with Crippen molar-refractivity contribution < 1.29 is 22.6 Å². The second-order valence-electron chi connectivity index (χ2n) is 10.1. The number of fused-ring (bicyclic) bond motifs is 2. The van der Waals surface area contributed by atoms with Crippen LogP contribution in [0.5, 0.6) is 17.2 Å². The Labute approximate surface area is 243 Å². The molecule has 1 aliphatic heterocycles. The van der Waals surface area contributed by atoms with Gasteiger partial charge in [-0.05, 0) is 32.0 Å². The third kappa shape index (κ3) is 5.46. The second-order valence-corrected chi connectivity index (χ2v) is 10.4. The fourth-order valence-corrected chi connectivity index (χ4v) is 5.11. The number of aromatic nitrogens is 6. The second kappa shape index (κ2) is 10.8. The van der Waals surface area contributed by atoms with Gasteiger partial charge in [0, 0.05) is 38.9 Å². The summed E-state index contributed by atoms with van der Waals surface area (Å²) in [5.74, 6) is 1.67. The zero-order valence-corrected chi connectivity index (χ0v) is 23.7. The van der Waals surface area contributed by atoms with E-state index in [2.05, 4.69) is 35.6 Å². The average molecular weight is 602 g/mol. The summed E-state index contributed by atoms with van der Waals surface area (Å²) < 4.78 is 56.6. The molecular weight excluding hydrogens is 575 g/mol. The molecule has 0 spiro atoms. The molecule has 1 aliphatic rings. The predicted molar refractivity (Wildman–Crippen MR) is 152 cm³/mol. The summed E-state index contributed by atoms with van der Waals surface area (Å²) in [4.78, 5) is 15.3. The van der Waals surface area contributed by atoms with Gasteiger partial charge in [0.05, 0.1) is 30.4 Å². The molecule has 0 amide bonds. The third-order valence-electron chi connectivity index (χ3n) is 7.11. The molecule has 0 bridgehead atoms. The molecule has 15 heteroatoms. The van der Waals surface area contributed by atoms with Crippen LogP contribution >= 0.6 is 11.6 Å². The molecule has 0 saturated carbocycles. The van der Waals surface area contributed by atoms with Crippen molar-refractivity contribution in [3.8, 4) is 17.2 Å². The SMILES string of the molecule is CNc1cn2ncc(Oc3cnc4nc(Nc5cc(OC6CCN(C)CC6)cc(C(F)(F)F)c5)n(C)c4c3Cl)c2cn1. The molecule has 0 aliphatic carbocycles. The molecule has 0 atom stereocenters. The Balaban J connectivity index is 1.29. The summed E-state index contributed by atoms with van der Waals surface area (Å²) in [7, 11) is 5.44. The highest BCUT2D eigenvalue weighted by molar-refractivity contribution is 6.36. The van der Waals surface area contributed by atoms with E-state index in [1.165, 1.54) is 18.5 Å². The highest BCUT2D eigenvalue weighted by Crippen LogP contribution is 2.38. The Morgan fingerprint density at radius 2 is 1.81 bits per heavy atom. The van der Waals surface area contributed by atoms with Crippen molar-refractivity contribution in [2.24, 2.45) is 7.05 Å². The van der Waals surface area contributed by atoms with E-state index >= 15 is 0 Å². The lowest BCUT2D eigenvalue weighted by atomic mass is 10.1. The molecule has 0 unspecified atom stereocenters. The van der Waals surface area contributed by atoms with E-state index in [4.69, 9.17) is 21.1 Å². The number of alkyl halides is 3. The highest BCUT2D eigenvalue weighted by atomic mass is 35.5. The van der Waals surface area contributed by atoms with Crippen LogP contribution in [0, 0.1) is 0 Å². The molecule has 1 fully saturated rings.